The summed E-state index contributed by atoms with van der Waals surface area (Å²) in [6.45, 7) is 4.97. The first-order chi connectivity index (χ1) is 17.0. The lowest BCUT2D eigenvalue weighted by molar-refractivity contribution is 0.0320. The predicted octanol–water partition coefficient (Wildman–Crippen LogP) is 8.44. The van der Waals surface area contributed by atoms with E-state index in [1.165, 1.54) is 56.9 Å². The first-order valence-electron chi connectivity index (χ1n) is 13.4. The number of nitrogens with zero attached hydrogens (tertiary/aromatic N) is 2. The molecule has 2 bridgehead atoms. The van der Waals surface area contributed by atoms with E-state index in [9.17, 15) is 10.5 Å². The molecule has 2 aromatic carbocycles. The second-order valence-corrected chi connectivity index (χ2v) is 11.1. The van der Waals surface area contributed by atoms with Gasteiger partial charge in [0.2, 0.25) is 0 Å². The van der Waals surface area contributed by atoms with Crippen LogP contribution in [0.2, 0.25) is 5.02 Å². The summed E-state index contributed by atoms with van der Waals surface area (Å²) in [4.78, 5) is 0. The van der Waals surface area contributed by atoms with Gasteiger partial charge in [-0.25, -0.2) is 0 Å². The van der Waals surface area contributed by atoms with E-state index in [1.54, 1.807) is 0 Å². The number of unbranched alkanes of at least 4 members (excludes halogenated alkanes) is 1. The molecule has 0 aliphatic heterocycles. The highest BCUT2D eigenvalue weighted by Crippen LogP contribution is 2.59. The van der Waals surface area contributed by atoms with Crippen LogP contribution in [-0.4, -0.2) is 6.61 Å². The number of hydrogen-bond acceptors (Lipinski definition) is 3. The molecule has 0 N–H and O–H groups in total. The molecule has 3 aliphatic carbocycles. The summed E-state index contributed by atoms with van der Waals surface area (Å²) in [5.41, 5.74) is 5.07. The zero-order valence-electron chi connectivity index (χ0n) is 21.3. The first-order valence-corrected chi connectivity index (χ1v) is 13.8. The van der Waals surface area contributed by atoms with Gasteiger partial charge in [-0.15, -0.1) is 0 Å². The molecule has 5 rings (SSSR count). The van der Waals surface area contributed by atoms with E-state index in [4.69, 9.17) is 16.3 Å². The molecule has 0 spiro atoms. The summed E-state index contributed by atoms with van der Waals surface area (Å²) in [5, 5.41) is 20.3. The average molecular weight is 489 g/mol. The van der Waals surface area contributed by atoms with Crippen LogP contribution in [0, 0.1) is 28.1 Å². The highest BCUT2D eigenvalue weighted by atomic mass is 35.5. The molecule has 3 aliphatic rings. The van der Waals surface area contributed by atoms with E-state index in [-0.39, 0.29) is 0 Å². The van der Waals surface area contributed by atoms with E-state index in [2.05, 4.69) is 44.2 Å². The third kappa shape index (κ3) is 5.22. The number of nitriles is 2. The second kappa shape index (κ2) is 11.1. The molecule has 3 saturated carbocycles. The van der Waals surface area contributed by atoms with Crippen molar-refractivity contribution in [1.82, 2.24) is 0 Å². The summed E-state index contributed by atoms with van der Waals surface area (Å²) in [6, 6.07) is 14.9. The van der Waals surface area contributed by atoms with Gasteiger partial charge < -0.3 is 4.74 Å². The Kier molecular flexibility index (Phi) is 8.09. The molecular weight excluding hydrogens is 452 g/mol. The Bertz CT molecular complexity index is 1120. The minimum absolute atomic E-state index is 0.306. The number of halogens is 1. The Morgan fingerprint density at radius 2 is 1.51 bits per heavy atom. The monoisotopic (exact) mass is 488 g/mol. The van der Waals surface area contributed by atoms with Gasteiger partial charge in [-0.3, -0.25) is 0 Å². The number of fused-ring (bicyclic) bond motifs is 3. The van der Waals surface area contributed by atoms with E-state index in [1.807, 2.05) is 12.1 Å². The van der Waals surface area contributed by atoms with Crippen molar-refractivity contribution in [2.45, 2.75) is 96.3 Å². The minimum atomic E-state index is 0.306. The molecule has 0 saturated heterocycles. The van der Waals surface area contributed by atoms with E-state index in [0.29, 0.717) is 40.7 Å². The van der Waals surface area contributed by atoms with Crippen LogP contribution in [0.15, 0.2) is 30.3 Å². The van der Waals surface area contributed by atoms with Crippen LogP contribution in [0.4, 0.5) is 0 Å². The van der Waals surface area contributed by atoms with Crippen molar-refractivity contribution in [2.24, 2.45) is 5.41 Å². The largest absolute Gasteiger partial charge is 0.492 e. The smallest absolute Gasteiger partial charge is 0.138 e. The molecule has 184 valence electrons. The zero-order valence-corrected chi connectivity index (χ0v) is 22.0. The Morgan fingerprint density at radius 1 is 0.857 bits per heavy atom. The summed E-state index contributed by atoms with van der Waals surface area (Å²) >= 11 is 6.81. The van der Waals surface area contributed by atoms with Gasteiger partial charge >= 0.3 is 0 Å². The highest BCUT2D eigenvalue weighted by molar-refractivity contribution is 6.31. The maximum absolute atomic E-state index is 9.79. The summed E-state index contributed by atoms with van der Waals surface area (Å²) in [6.07, 6.45) is 14.0. The summed E-state index contributed by atoms with van der Waals surface area (Å²) in [5.74, 6) is 0.505. The van der Waals surface area contributed by atoms with Crippen LogP contribution in [0.3, 0.4) is 0 Å². The highest BCUT2D eigenvalue weighted by Gasteiger charge is 2.48. The molecule has 0 amide bonds. The van der Waals surface area contributed by atoms with Gasteiger partial charge in [-0.05, 0) is 104 Å². The number of rotatable bonds is 10. The van der Waals surface area contributed by atoms with Crippen molar-refractivity contribution in [1.29, 1.82) is 10.5 Å². The van der Waals surface area contributed by atoms with Crippen molar-refractivity contribution < 1.29 is 4.74 Å². The average Bonchev–Trinajstić information content (AvgIpc) is 2.89. The van der Waals surface area contributed by atoms with Gasteiger partial charge in [0.1, 0.15) is 23.5 Å². The molecule has 0 aromatic heterocycles. The van der Waals surface area contributed by atoms with E-state index < -0.39 is 0 Å². The Labute approximate surface area is 216 Å². The Morgan fingerprint density at radius 3 is 2.11 bits per heavy atom. The third-order valence-corrected chi connectivity index (χ3v) is 9.10. The topological polar surface area (TPSA) is 56.8 Å². The third-order valence-electron chi connectivity index (χ3n) is 8.74. The van der Waals surface area contributed by atoms with Crippen molar-refractivity contribution in [3.63, 3.8) is 0 Å². The van der Waals surface area contributed by atoms with E-state index >= 15 is 0 Å². The minimum Gasteiger partial charge on any atom is -0.492 e. The number of benzene rings is 2. The molecule has 3 nitrogen and oxygen atoms in total. The van der Waals surface area contributed by atoms with Gasteiger partial charge in [0, 0.05) is 5.02 Å². The number of aryl methyl sites for hydroxylation is 2. The van der Waals surface area contributed by atoms with Gasteiger partial charge in [0.15, 0.2) is 0 Å². The molecule has 2 aromatic rings. The van der Waals surface area contributed by atoms with Gasteiger partial charge in [-0.1, -0.05) is 56.5 Å². The Balaban J connectivity index is 1.47. The van der Waals surface area contributed by atoms with E-state index in [0.717, 1.165) is 35.4 Å². The zero-order chi connectivity index (χ0) is 24.9. The van der Waals surface area contributed by atoms with Crippen LogP contribution in [0.1, 0.15) is 106 Å². The number of hydrogen-bond donors (Lipinski definition) is 0. The maximum atomic E-state index is 9.79. The molecule has 0 radical (unpaired) electrons. The van der Waals surface area contributed by atoms with Crippen LogP contribution < -0.4 is 4.74 Å². The fraction of sp³-hybridized carbons (Fsp3) is 0.548. The van der Waals surface area contributed by atoms with Gasteiger partial charge in [0.25, 0.3) is 0 Å². The molecule has 0 heterocycles. The van der Waals surface area contributed by atoms with Crippen molar-refractivity contribution in [3.8, 4) is 17.9 Å². The molecule has 3 fully saturated rings. The molecule has 4 heteroatoms. The second-order valence-electron chi connectivity index (χ2n) is 10.7. The lowest BCUT2D eigenvalue weighted by Gasteiger charge is -2.54. The molecule has 0 unspecified atom stereocenters. The Hall–Kier alpha value is -2.49. The fourth-order valence-electron chi connectivity index (χ4n) is 6.47. The summed E-state index contributed by atoms with van der Waals surface area (Å²) in [7, 11) is 0. The number of ether oxygens (including phenoxy) is 1. The standard InChI is InChI=1S/C31H37ClN2O/c1-3-5-19-35-29-11-9-23(26(21-33)27(29)22-34)6-7-24-8-10-25(20-28(24)32)31-16-13-30(12-4-2,14-17-31)15-18-31/h8-11,20H,3-7,12-19H2,1-2H3. The first kappa shape index (κ1) is 25.6. The fourth-order valence-corrected chi connectivity index (χ4v) is 6.75. The van der Waals surface area contributed by atoms with Crippen LogP contribution in [-0.2, 0) is 18.3 Å². The van der Waals surface area contributed by atoms with Gasteiger partial charge in [0.05, 0.1) is 12.2 Å². The lowest BCUT2D eigenvalue weighted by Crippen LogP contribution is -2.44. The quantitative estimate of drug-likeness (QED) is 0.315. The van der Waals surface area contributed by atoms with Crippen LogP contribution in [0.5, 0.6) is 5.75 Å². The normalized spacial score (nSPS) is 23.0. The SMILES string of the molecule is CCCCOc1ccc(CCc2ccc(C34CCC(CCC)(CC3)CC4)cc2Cl)c(C#N)c1C#N. The molecular formula is C31H37ClN2O. The van der Waals surface area contributed by atoms with Crippen LogP contribution >= 0.6 is 11.6 Å². The molecule has 35 heavy (non-hydrogen) atoms. The van der Waals surface area contributed by atoms with Crippen molar-refractivity contribution in [2.75, 3.05) is 6.61 Å². The van der Waals surface area contributed by atoms with Crippen molar-refractivity contribution in [3.05, 3.63) is 63.2 Å². The maximum Gasteiger partial charge on any atom is 0.138 e. The summed E-state index contributed by atoms with van der Waals surface area (Å²) < 4.78 is 5.77. The van der Waals surface area contributed by atoms with Gasteiger partial charge in [-0.2, -0.15) is 10.5 Å². The lowest BCUT2D eigenvalue weighted by atomic mass is 9.51. The predicted molar refractivity (Wildman–Crippen MR) is 142 cm³/mol. The molecule has 0 atom stereocenters. The van der Waals surface area contributed by atoms with Crippen molar-refractivity contribution >= 4 is 11.6 Å². The van der Waals surface area contributed by atoms with Crippen LogP contribution in [0.25, 0.3) is 0 Å².